The molecule has 0 heterocycles. The predicted molar refractivity (Wildman–Crippen MR) is 75.4 cm³/mol. The van der Waals surface area contributed by atoms with Crippen LogP contribution in [0.4, 0.5) is 0 Å². The van der Waals surface area contributed by atoms with E-state index in [4.69, 9.17) is 14.6 Å². The first-order chi connectivity index (χ1) is 8.29. The Morgan fingerprint density at radius 2 is 1.76 bits per heavy atom. The summed E-state index contributed by atoms with van der Waals surface area (Å²) in [6.45, 7) is 4.08. The largest absolute Gasteiger partial charge is 0.399 e. The zero-order valence-electron chi connectivity index (χ0n) is 11.7. The van der Waals surface area contributed by atoms with Gasteiger partial charge in [-0.15, -0.1) is 0 Å². The number of nitrogens with two attached hydrogens (primary N) is 1. The first-order valence-electron chi connectivity index (χ1n) is 6.79. The van der Waals surface area contributed by atoms with Gasteiger partial charge in [-0.2, -0.15) is 0 Å². The van der Waals surface area contributed by atoms with E-state index < -0.39 is 9.28 Å². The van der Waals surface area contributed by atoms with Crippen molar-refractivity contribution in [3.8, 4) is 0 Å². The average Bonchev–Trinajstić information content (AvgIpc) is 2.35. The van der Waals surface area contributed by atoms with Crippen molar-refractivity contribution in [2.24, 2.45) is 5.73 Å². The van der Waals surface area contributed by atoms with Crippen molar-refractivity contribution >= 4 is 9.28 Å². The Morgan fingerprint density at radius 1 is 1.12 bits per heavy atom. The topological polar surface area (TPSA) is 56.5 Å². The Morgan fingerprint density at radius 3 is 2.29 bits per heavy atom. The van der Waals surface area contributed by atoms with Crippen LogP contribution in [0.2, 0.25) is 0 Å². The van der Waals surface area contributed by atoms with Gasteiger partial charge in [0.2, 0.25) is 0 Å². The normalized spacial score (nSPS) is 13.2. The van der Waals surface area contributed by atoms with E-state index in [2.05, 4.69) is 12.2 Å². The zero-order valence-corrected chi connectivity index (χ0v) is 12.9. The van der Waals surface area contributed by atoms with E-state index in [1.807, 2.05) is 0 Å². The summed E-state index contributed by atoms with van der Waals surface area (Å²) in [5.74, 6) is 0. The summed E-state index contributed by atoms with van der Waals surface area (Å²) in [5, 5.41) is 3.58. The van der Waals surface area contributed by atoms with Crippen LogP contribution in [0, 0.1) is 0 Å². The number of rotatable bonds is 12. The van der Waals surface area contributed by atoms with Crippen molar-refractivity contribution in [3.63, 3.8) is 0 Å². The lowest BCUT2D eigenvalue weighted by molar-refractivity contribution is 0.255. The van der Waals surface area contributed by atoms with Crippen molar-refractivity contribution in [1.29, 1.82) is 0 Å². The molecule has 0 saturated heterocycles. The molecule has 0 aromatic rings. The molecule has 4 nitrogen and oxygen atoms in total. The molecule has 0 radical (unpaired) electrons. The molecule has 0 aliphatic rings. The summed E-state index contributed by atoms with van der Waals surface area (Å²) in [7, 11) is 1.99. The molecular weight excluding hydrogens is 232 g/mol. The molecule has 0 aromatic heterocycles. The maximum Gasteiger partial charge on any atom is 0.338 e. The highest BCUT2D eigenvalue weighted by Crippen LogP contribution is 2.04. The van der Waals surface area contributed by atoms with Crippen LogP contribution in [-0.2, 0) is 8.85 Å². The molecule has 0 fully saturated rings. The first-order valence-corrected chi connectivity index (χ1v) is 8.40. The maximum atomic E-state index is 5.46. The highest BCUT2D eigenvalue weighted by Gasteiger charge is 2.22. The second-order valence-corrected chi connectivity index (χ2v) is 6.88. The minimum Gasteiger partial charge on any atom is -0.399 e. The van der Waals surface area contributed by atoms with Gasteiger partial charge < -0.3 is 19.9 Å². The van der Waals surface area contributed by atoms with Gasteiger partial charge in [-0.25, -0.2) is 0 Å². The fourth-order valence-corrected chi connectivity index (χ4v) is 3.79. The number of nitrogens with one attached hydrogen (secondary N) is 1. The van der Waals surface area contributed by atoms with Gasteiger partial charge in [0.25, 0.3) is 0 Å². The predicted octanol–water partition coefficient (Wildman–Crippen LogP) is 1.32. The van der Waals surface area contributed by atoms with Crippen LogP contribution in [0.25, 0.3) is 0 Å². The van der Waals surface area contributed by atoms with E-state index >= 15 is 0 Å². The average molecular weight is 262 g/mol. The smallest absolute Gasteiger partial charge is 0.338 e. The number of unbranched alkanes of at least 4 members (excludes halogenated alkanes) is 3. The first kappa shape index (κ1) is 17.1. The van der Waals surface area contributed by atoms with E-state index in [0.717, 1.165) is 25.9 Å². The summed E-state index contributed by atoms with van der Waals surface area (Å²) < 4.78 is 10.9. The third-order valence-electron chi connectivity index (χ3n) is 2.93. The number of hydrogen-bond donors (Lipinski definition) is 2. The van der Waals surface area contributed by atoms with Gasteiger partial charge in [-0.3, -0.25) is 0 Å². The molecule has 1 unspecified atom stereocenters. The second kappa shape index (κ2) is 12.5. The summed E-state index contributed by atoms with van der Waals surface area (Å²) >= 11 is 0. The molecule has 17 heavy (non-hydrogen) atoms. The van der Waals surface area contributed by atoms with Crippen molar-refractivity contribution in [2.45, 2.75) is 51.1 Å². The Bertz CT molecular complexity index is 157. The summed E-state index contributed by atoms with van der Waals surface area (Å²) in [5.41, 5.74) is 5.90. The van der Waals surface area contributed by atoms with Gasteiger partial charge >= 0.3 is 9.28 Å². The monoisotopic (exact) mass is 262 g/mol. The molecule has 0 rings (SSSR count). The molecule has 0 bridgehead atoms. The third kappa shape index (κ3) is 8.74. The van der Waals surface area contributed by atoms with Gasteiger partial charge in [-0.05, 0) is 32.4 Å². The molecule has 3 N–H and O–H groups in total. The van der Waals surface area contributed by atoms with Gasteiger partial charge in [-0.1, -0.05) is 26.2 Å². The minimum atomic E-state index is -1.52. The molecule has 0 spiro atoms. The lowest BCUT2D eigenvalue weighted by atomic mass is 10.2. The van der Waals surface area contributed by atoms with Crippen LogP contribution >= 0.6 is 0 Å². The molecule has 0 amide bonds. The summed E-state index contributed by atoms with van der Waals surface area (Å²) in [4.78, 5) is 0. The van der Waals surface area contributed by atoms with Crippen LogP contribution in [0.15, 0.2) is 0 Å². The molecule has 0 aliphatic carbocycles. The Kier molecular flexibility index (Phi) is 12.6. The van der Waals surface area contributed by atoms with Crippen molar-refractivity contribution in [2.75, 3.05) is 27.3 Å². The van der Waals surface area contributed by atoms with Gasteiger partial charge in [0.15, 0.2) is 0 Å². The van der Waals surface area contributed by atoms with Crippen molar-refractivity contribution in [3.05, 3.63) is 0 Å². The SMILES string of the molecule is CCCC(NCCCCCCN)[SiH](OC)OC. The summed E-state index contributed by atoms with van der Waals surface area (Å²) in [6, 6.07) is 0. The fraction of sp³-hybridized carbons (Fsp3) is 1.00. The molecule has 5 heteroatoms. The lowest BCUT2D eigenvalue weighted by Crippen LogP contribution is -2.46. The Hall–Kier alpha value is 0.0569. The van der Waals surface area contributed by atoms with E-state index in [-0.39, 0.29) is 0 Å². The van der Waals surface area contributed by atoms with E-state index in [0.29, 0.717) is 5.67 Å². The van der Waals surface area contributed by atoms with Crippen LogP contribution in [-0.4, -0.2) is 42.3 Å². The van der Waals surface area contributed by atoms with Gasteiger partial charge in [0, 0.05) is 19.9 Å². The zero-order chi connectivity index (χ0) is 12.9. The van der Waals surface area contributed by atoms with E-state index in [9.17, 15) is 0 Å². The second-order valence-electron chi connectivity index (χ2n) is 4.39. The van der Waals surface area contributed by atoms with Crippen LogP contribution < -0.4 is 11.1 Å². The molecule has 104 valence electrons. The van der Waals surface area contributed by atoms with Crippen LogP contribution in [0.5, 0.6) is 0 Å². The number of hydrogen-bond acceptors (Lipinski definition) is 4. The Labute approximate surface area is 108 Å². The van der Waals surface area contributed by atoms with Crippen LogP contribution in [0.3, 0.4) is 0 Å². The fourth-order valence-electron chi connectivity index (χ4n) is 1.98. The minimum absolute atomic E-state index is 0.435. The molecule has 0 saturated carbocycles. The molecule has 0 aliphatic heterocycles. The van der Waals surface area contributed by atoms with Crippen molar-refractivity contribution < 1.29 is 8.85 Å². The maximum absolute atomic E-state index is 5.46. The van der Waals surface area contributed by atoms with Crippen LogP contribution in [0.1, 0.15) is 45.4 Å². The standard InChI is InChI=1S/C12H30N2O2Si/c1-4-9-12(17(15-2)16-3)14-11-8-6-5-7-10-13/h12,14,17H,4-11,13H2,1-3H3. The third-order valence-corrected chi connectivity index (χ3v) is 5.09. The highest BCUT2D eigenvalue weighted by atomic mass is 28.3. The van der Waals surface area contributed by atoms with Crippen molar-refractivity contribution in [1.82, 2.24) is 5.32 Å². The quantitative estimate of drug-likeness (QED) is 0.411. The molecule has 0 aromatic carbocycles. The van der Waals surface area contributed by atoms with Gasteiger partial charge in [0.1, 0.15) is 0 Å². The highest BCUT2D eigenvalue weighted by molar-refractivity contribution is 6.46. The Balaban J connectivity index is 3.69. The molecular formula is C12H30N2O2Si. The van der Waals surface area contributed by atoms with E-state index in [1.165, 1.54) is 25.7 Å². The van der Waals surface area contributed by atoms with Gasteiger partial charge in [0.05, 0.1) is 0 Å². The van der Waals surface area contributed by atoms with E-state index in [1.54, 1.807) is 14.2 Å². The summed E-state index contributed by atoms with van der Waals surface area (Å²) in [6.07, 6.45) is 7.17. The molecule has 1 atom stereocenters. The lowest BCUT2D eigenvalue weighted by Gasteiger charge is -2.23.